The van der Waals surface area contributed by atoms with E-state index in [9.17, 15) is 19.7 Å². The lowest BCUT2D eigenvalue weighted by molar-refractivity contribution is -0.384. The number of nitro groups is 1. The molecule has 2 rings (SSSR count). The highest BCUT2D eigenvalue weighted by Gasteiger charge is 2.15. The van der Waals surface area contributed by atoms with E-state index in [1.165, 1.54) is 43.3 Å². The molecule has 0 fully saturated rings. The topological polar surface area (TPSA) is 114 Å². The second-order valence-electron chi connectivity index (χ2n) is 5.02. The van der Waals surface area contributed by atoms with Gasteiger partial charge >= 0.3 is 11.8 Å². The van der Waals surface area contributed by atoms with Crippen LogP contribution in [0.3, 0.4) is 0 Å². The number of amides is 2. The fraction of sp³-hybridized carbons (Fsp3) is 0.0625. The van der Waals surface area contributed by atoms with Crippen molar-refractivity contribution in [3.05, 3.63) is 68.2 Å². The minimum absolute atomic E-state index is 0.114. The first-order valence-corrected chi connectivity index (χ1v) is 7.89. The van der Waals surface area contributed by atoms with E-state index in [1.54, 1.807) is 6.07 Å². The van der Waals surface area contributed by atoms with E-state index in [4.69, 9.17) is 23.2 Å². The van der Waals surface area contributed by atoms with Crippen molar-refractivity contribution < 1.29 is 14.5 Å². The Labute approximate surface area is 157 Å². The minimum atomic E-state index is -1.04. The van der Waals surface area contributed by atoms with Crippen molar-refractivity contribution >= 4 is 52.1 Å². The second-order valence-corrected chi connectivity index (χ2v) is 5.87. The van der Waals surface area contributed by atoms with Crippen molar-refractivity contribution in [3.63, 3.8) is 0 Å². The molecule has 0 aliphatic heterocycles. The third kappa shape index (κ3) is 5.01. The number of nitrogens with zero attached hydrogens (tertiary/aromatic N) is 2. The van der Waals surface area contributed by atoms with Crippen LogP contribution in [-0.2, 0) is 9.59 Å². The number of carbonyl (C=O) groups is 2. The van der Waals surface area contributed by atoms with Crippen molar-refractivity contribution in [1.29, 1.82) is 0 Å². The molecule has 0 bridgehead atoms. The van der Waals surface area contributed by atoms with Gasteiger partial charge in [0, 0.05) is 22.7 Å². The zero-order valence-electron chi connectivity index (χ0n) is 13.3. The van der Waals surface area contributed by atoms with Gasteiger partial charge in [0.1, 0.15) is 0 Å². The molecular weight excluding hydrogens is 383 g/mol. The molecule has 2 amide bonds. The quantitative estimate of drug-likeness (QED) is 0.358. The molecule has 0 unspecified atom stereocenters. The van der Waals surface area contributed by atoms with Crippen LogP contribution in [-0.4, -0.2) is 22.4 Å². The average molecular weight is 395 g/mol. The molecule has 26 heavy (non-hydrogen) atoms. The van der Waals surface area contributed by atoms with Crippen LogP contribution >= 0.6 is 23.2 Å². The number of anilines is 1. The smallest absolute Gasteiger partial charge is 0.316 e. The Bertz CT molecular complexity index is 915. The summed E-state index contributed by atoms with van der Waals surface area (Å²) in [6, 6.07) is 10.1. The first-order chi connectivity index (χ1) is 12.3. The van der Waals surface area contributed by atoms with Gasteiger partial charge in [0.15, 0.2) is 0 Å². The van der Waals surface area contributed by atoms with Gasteiger partial charge in [-0.1, -0.05) is 35.3 Å². The fourth-order valence-electron chi connectivity index (χ4n) is 1.87. The van der Waals surface area contributed by atoms with Gasteiger partial charge in [-0.2, -0.15) is 5.10 Å². The highest BCUT2D eigenvalue weighted by molar-refractivity contribution is 6.42. The molecule has 0 aromatic heterocycles. The average Bonchev–Trinajstić information content (AvgIpc) is 2.62. The number of nitrogens with one attached hydrogen (secondary N) is 2. The van der Waals surface area contributed by atoms with Gasteiger partial charge in [0.25, 0.3) is 5.69 Å². The number of hydrogen-bond acceptors (Lipinski definition) is 5. The SMILES string of the molecule is C/C(=N\NC(=O)C(=O)Nc1cc(Cl)ccc1Cl)c1cccc([N+](=O)[O-])c1. The van der Waals surface area contributed by atoms with Gasteiger partial charge < -0.3 is 5.32 Å². The summed E-state index contributed by atoms with van der Waals surface area (Å²) in [6.07, 6.45) is 0. The number of non-ortho nitro benzene ring substituents is 1. The van der Waals surface area contributed by atoms with Crippen LogP contribution in [0.4, 0.5) is 11.4 Å². The Kier molecular flexibility index (Phi) is 6.26. The van der Waals surface area contributed by atoms with Crippen molar-refractivity contribution in [3.8, 4) is 0 Å². The predicted octanol–water partition coefficient (Wildman–Crippen LogP) is 3.38. The van der Waals surface area contributed by atoms with Crippen molar-refractivity contribution in [1.82, 2.24) is 5.43 Å². The standard InChI is InChI=1S/C16H12Cl2N4O4/c1-9(10-3-2-4-12(7-10)22(25)26)20-21-16(24)15(23)19-14-8-11(17)5-6-13(14)18/h2-8H,1H3,(H,19,23)(H,21,24)/b20-9+. The summed E-state index contributed by atoms with van der Waals surface area (Å²) in [7, 11) is 0. The molecule has 0 atom stereocenters. The third-order valence-corrected chi connectivity index (χ3v) is 3.75. The first-order valence-electron chi connectivity index (χ1n) is 7.13. The summed E-state index contributed by atoms with van der Waals surface area (Å²) < 4.78 is 0. The monoisotopic (exact) mass is 394 g/mol. The predicted molar refractivity (Wildman–Crippen MR) is 98.5 cm³/mol. The van der Waals surface area contributed by atoms with Crippen LogP contribution in [0.25, 0.3) is 0 Å². The van der Waals surface area contributed by atoms with Crippen LogP contribution in [0.2, 0.25) is 10.0 Å². The van der Waals surface area contributed by atoms with E-state index in [0.29, 0.717) is 10.6 Å². The van der Waals surface area contributed by atoms with E-state index in [2.05, 4.69) is 15.8 Å². The van der Waals surface area contributed by atoms with Gasteiger partial charge in [-0.3, -0.25) is 19.7 Å². The molecule has 0 heterocycles. The maximum Gasteiger partial charge on any atom is 0.329 e. The lowest BCUT2D eigenvalue weighted by Gasteiger charge is -2.07. The van der Waals surface area contributed by atoms with Crippen LogP contribution in [0.5, 0.6) is 0 Å². The van der Waals surface area contributed by atoms with E-state index >= 15 is 0 Å². The van der Waals surface area contributed by atoms with Crippen LogP contribution < -0.4 is 10.7 Å². The van der Waals surface area contributed by atoms with Gasteiger partial charge in [-0.25, -0.2) is 5.43 Å². The lowest BCUT2D eigenvalue weighted by atomic mass is 10.1. The molecule has 0 aliphatic carbocycles. The number of hydrogen-bond donors (Lipinski definition) is 2. The molecule has 0 saturated heterocycles. The van der Waals surface area contributed by atoms with Gasteiger partial charge in [-0.05, 0) is 25.1 Å². The molecule has 2 aromatic carbocycles. The minimum Gasteiger partial charge on any atom is -0.316 e. The molecule has 134 valence electrons. The number of benzene rings is 2. The molecule has 8 nitrogen and oxygen atoms in total. The van der Waals surface area contributed by atoms with E-state index in [0.717, 1.165) is 0 Å². The van der Waals surface area contributed by atoms with Gasteiger partial charge in [0.05, 0.1) is 21.3 Å². The second kappa shape index (κ2) is 8.41. The molecule has 0 aliphatic rings. The normalized spacial score (nSPS) is 11.0. The molecule has 10 heteroatoms. The summed E-state index contributed by atoms with van der Waals surface area (Å²) in [5.74, 6) is -2.03. The molecule has 0 radical (unpaired) electrons. The molecule has 0 spiro atoms. The Morgan fingerprint density at radius 2 is 1.85 bits per heavy atom. The third-order valence-electron chi connectivity index (χ3n) is 3.18. The summed E-state index contributed by atoms with van der Waals surface area (Å²) in [4.78, 5) is 34.0. The highest BCUT2D eigenvalue weighted by atomic mass is 35.5. The Morgan fingerprint density at radius 1 is 1.12 bits per heavy atom. The molecular formula is C16H12Cl2N4O4. The van der Waals surface area contributed by atoms with Crippen molar-refractivity contribution in [2.24, 2.45) is 5.10 Å². The number of carbonyl (C=O) groups excluding carboxylic acids is 2. The van der Waals surface area contributed by atoms with E-state index < -0.39 is 16.7 Å². The largest absolute Gasteiger partial charge is 0.329 e. The Balaban J connectivity index is 2.05. The molecule has 2 N–H and O–H groups in total. The summed E-state index contributed by atoms with van der Waals surface area (Å²) in [5, 5.41) is 17.4. The van der Waals surface area contributed by atoms with Crippen LogP contribution in [0.15, 0.2) is 47.6 Å². The Morgan fingerprint density at radius 3 is 2.54 bits per heavy atom. The fourth-order valence-corrected chi connectivity index (χ4v) is 2.20. The number of halogens is 2. The number of nitro benzene ring substituents is 1. The molecule has 0 saturated carbocycles. The van der Waals surface area contributed by atoms with Gasteiger partial charge in [-0.15, -0.1) is 0 Å². The summed E-state index contributed by atoms with van der Waals surface area (Å²) in [5.41, 5.74) is 2.86. The maximum atomic E-state index is 11.9. The lowest BCUT2D eigenvalue weighted by Crippen LogP contribution is -2.33. The molecule has 2 aromatic rings. The van der Waals surface area contributed by atoms with E-state index in [-0.39, 0.29) is 22.1 Å². The number of hydrazone groups is 1. The van der Waals surface area contributed by atoms with Crippen LogP contribution in [0, 0.1) is 10.1 Å². The maximum absolute atomic E-state index is 11.9. The zero-order chi connectivity index (χ0) is 19.3. The van der Waals surface area contributed by atoms with Crippen molar-refractivity contribution in [2.45, 2.75) is 6.92 Å². The van der Waals surface area contributed by atoms with E-state index in [1.807, 2.05) is 0 Å². The zero-order valence-corrected chi connectivity index (χ0v) is 14.8. The Hall–Kier alpha value is -2.97. The van der Waals surface area contributed by atoms with Crippen molar-refractivity contribution in [2.75, 3.05) is 5.32 Å². The first kappa shape index (κ1) is 19.4. The van der Waals surface area contributed by atoms with Crippen LogP contribution in [0.1, 0.15) is 12.5 Å². The summed E-state index contributed by atoms with van der Waals surface area (Å²) in [6.45, 7) is 1.53. The highest BCUT2D eigenvalue weighted by Crippen LogP contribution is 2.25. The number of rotatable bonds is 4. The van der Waals surface area contributed by atoms with Gasteiger partial charge in [0.2, 0.25) is 0 Å². The summed E-state index contributed by atoms with van der Waals surface area (Å²) >= 11 is 11.7.